The average Bonchev–Trinajstić information content (AvgIpc) is 3.39. The normalized spacial score (nSPS) is 18.6. The molecule has 7 heteroatoms. The molecule has 2 saturated heterocycles. The van der Waals surface area contributed by atoms with Crippen LogP contribution in [0, 0.1) is 5.92 Å². The van der Waals surface area contributed by atoms with Crippen LogP contribution in [0.4, 0.5) is 22.7 Å². The van der Waals surface area contributed by atoms with E-state index in [1.807, 2.05) is 12.1 Å². The number of hydrogen-bond donors (Lipinski definition) is 2. The van der Waals surface area contributed by atoms with Gasteiger partial charge in [-0.3, -0.25) is 14.4 Å². The summed E-state index contributed by atoms with van der Waals surface area (Å²) in [6.45, 7) is 3.97. The second-order valence-corrected chi connectivity index (χ2v) is 7.86. The van der Waals surface area contributed by atoms with Crippen molar-refractivity contribution in [3.8, 4) is 0 Å². The highest BCUT2D eigenvalue weighted by molar-refractivity contribution is 6.03. The summed E-state index contributed by atoms with van der Waals surface area (Å²) in [7, 11) is 0. The first-order valence-electron chi connectivity index (χ1n) is 10.3. The highest BCUT2D eigenvalue weighted by Gasteiger charge is 2.35. The molecule has 7 nitrogen and oxygen atoms in total. The van der Waals surface area contributed by atoms with Crippen LogP contribution in [-0.2, 0) is 14.4 Å². The van der Waals surface area contributed by atoms with Gasteiger partial charge in [0, 0.05) is 55.7 Å². The third-order valence-electron chi connectivity index (χ3n) is 5.60. The zero-order chi connectivity index (χ0) is 21.1. The van der Waals surface area contributed by atoms with E-state index < -0.39 is 5.92 Å². The molecule has 1 unspecified atom stereocenters. The van der Waals surface area contributed by atoms with Crippen molar-refractivity contribution in [1.82, 2.24) is 0 Å². The predicted molar refractivity (Wildman–Crippen MR) is 118 cm³/mol. The summed E-state index contributed by atoms with van der Waals surface area (Å²) < 4.78 is 0. The number of carbonyl (C=O) groups excluding carboxylic acids is 3. The lowest BCUT2D eigenvalue weighted by atomic mass is 10.1. The zero-order valence-electron chi connectivity index (χ0n) is 17.1. The second-order valence-electron chi connectivity index (χ2n) is 7.86. The Morgan fingerprint density at radius 3 is 2.03 bits per heavy atom. The lowest BCUT2D eigenvalue weighted by Crippen LogP contribution is -2.28. The molecule has 2 heterocycles. The van der Waals surface area contributed by atoms with Gasteiger partial charge in [0.15, 0.2) is 0 Å². The van der Waals surface area contributed by atoms with E-state index in [1.165, 1.54) is 25.5 Å². The van der Waals surface area contributed by atoms with Crippen LogP contribution in [0.25, 0.3) is 0 Å². The minimum Gasteiger partial charge on any atom is -0.372 e. The third kappa shape index (κ3) is 4.45. The Balaban J connectivity index is 1.36. The molecule has 30 heavy (non-hydrogen) atoms. The van der Waals surface area contributed by atoms with Gasteiger partial charge in [-0.05, 0) is 61.4 Å². The van der Waals surface area contributed by atoms with Gasteiger partial charge in [-0.25, -0.2) is 0 Å². The first kappa shape index (κ1) is 19.9. The lowest BCUT2D eigenvalue weighted by molar-refractivity contribution is -0.122. The van der Waals surface area contributed by atoms with Crippen LogP contribution < -0.4 is 20.4 Å². The van der Waals surface area contributed by atoms with Crippen molar-refractivity contribution in [3.05, 3.63) is 48.5 Å². The molecule has 0 radical (unpaired) electrons. The fraction of sp³-hybridized carbons (Fsp3) is 0.348. The van der Waals surface area contributed by atoms with Crippen molar-refractivity contribution < 1.29 is 14.4 Å². The van der Waals surface area contributed by atoms with Crippen LogP contribution in [0.2, 0.25) is 0 Å². The fourth-order valence-electron chi connectivity index (χ4n) is 4.04. The standard InChI is InChI=1S/C23H26N4O3/c1-16(28)24-18-4-6-19(7-5-18)25-23(30)17-14-22(29)27(15-17)21-10-8-20(9-11-21)26-12-2-3-13-26/h4-11,17H,2-3,12-15H2,1H3,(H,24,28)(H,25,30). The molecule has 4 rings (SSSR count). The van der Waals surface area contributed by atoms with Gasteiger partial charge >= 0.3 is 0 Å². The highest BCUT2D eigenvalue weighted by Crippen LogP contribution is 2.29. The molecule has 3 amide bonds. The van der Waals surface area contributed by atoms with Crippen molar-refractivity contribution in [2.75, 3.05) is 40.1 Å². The van der Waals surface area contributed by atoms with Gasteiger partial charge in [0.1, 0.15) is 0 Å². The largest absolute Gasteiger partial charge is 0.372 e. The number of nitrogens with zero attached hydrogens (tertiary/aromatic N) is 2. The van der Waals surface area contributed by atoms with Gasteiger partial charge in [0.25, 0.3) is 0 Å². The number of nitrogens with one attached hydrogen (secondary N) is 2. The first-order chi connectivity index (χ1) is 14.5. The Morgan fingerprint density at radius 2 is 1.43 bits per heavy atom. The van der Waals surface area contributed by atoms with Crippen molar-refractivity contribution in [3.63, 3.8) is 0 Å². The molecule has 2 aromatic carbocycles. The van der Waals surface area contributed by atoms with Crippen LogP contribution in [0.15, 0.2) is 48.5 Å². The van der Waals surface area contributed by atoms with E-state index in [9.17, 15) is 14.4 Å². The van der Waals surface area contributed by atoms with Crippen molar-refractivity contribution in [1.29, 1.82) is 0 Å². The number of anilines is 4. The quantitative estimate of drug-likeness (QED) is 0.799. The zero-order valence-corrected chi connectivity index (χ0v) is 17.1. The summed E-state index contributed by atoms with van der Waals surface area (Å²) in [5, 5.41) is 5.55. The maximum absolute atomic E-state index is 12.7. The van der Waals surface area contributed by atoms with Crippen LogP contribution in [-0.4, -0.2) is 37.4 Å². The van der Waals surface area contributed by atoms with Crippen molar-refractivity contribution in [2.24, 2.45) is 5.92 Å². The van der Waals surface area contributed by atoms with Gasteiger partial charge in [-0.1, -0.05) is 0 Å². The predicted octanol–water partition coefficient (Wildman–Crippen LogP) is 3.24. The average molecular weight is 406 g/mol. The highest BCUT2D eigenvalue weighted by atomic mass is 16.2. The van der Waals surface area contributed by atoms with Crippen molar-refractivity contribution >= 4 is 40.5 Å². The van der Waals surface area contributed by atoms with E-state index in [1.54, 1.807) is 29.2 Å². The first-order valence-corrected chi connectivity index (χ1v) is 10.3. The summed E-state index contributed by atoms with van der Waals surface area (Å²) in [6, 6.07) is 15.0. The summed E-state index contributed by atoms with van der Waals surface area (Å²) in [4.78, 5) is 40.3. The molecule has 0 saturated carbocycles. The van der Waals surface area contributed by atoms with Gasteiger partial charge in [-0.2, -0.15) is 0 Å². The van der Waals surface area contributed by atoms with Gasteiger partial charge in [0.05, 0.1) is 5.92 Å². The molecular weight excluding hydrogens is 380 g/mol. The van der Waals surface area contributed by atoms with Crippen LogP contribution in [0.5, 0.6) is 0 Å². The molecule has 0 aliphatic carbocycles. The minimum absolute atomic E-state index is 0.0370. The van der Waals surface area contributed by atoms with E-state index in [2.05, 4.69) is 27.7 Å². The molecule has 156 valence electrons. The monoisotopic (exact) mass is 406 g/mol. The summed E-state index contributed by atoms with van der Waals surface area (Å²) in [5.41, 5.74) is 3.31. The maximum Gasteiger partial charge on any atom is 0.229 e. The van der Waals surface area contributed by atoms with Crippen LogP contribution in [0.1, 0.15) is 26.2 Å². The maximum atomic E-state index is 12.7. The number of rotatable bonds is 5. The smallest absolute Gasteiger partial charge is 0.229 e. The topological polar surface area (TPSA) is 81.8 Å². The second kappa shape index (κ2) is 8.57. The number of hydrogen-bond acceptors (Lipinski definition) is 4. The van der Waals surface area contributed by atoms with Gasteiger partial charge in [-0.15, -0.1) is 0 Å². The van der Waals surface area contributed by atoms with Crippen molar-refractivity contribution in [2.45, 2.75) is 26.2 Å². The summed E-state index contributed by atoms with van der Waals surface area (Å²) in [5.74, 6) is -0.757. The molecule has 2 aliphatic heterocycles. The Morgan fingerprint density at radius 1 is 0.867 bits per heavy atom. The molecule has 0 spiro atoms. The van der Waals surface area contributed by atoms with Crippen LogP contribution >= 0.6 is 0 Å². The summed E-state index contributed by atoms with van der Waals surface area (Å²) >= 11 is 0. The van der Waals surface area contributed by atoms with E-state index in [4.69, 9.17) is 0 Å². The molecule has 2 aliphatic rings. The number of amides is 3. The molecule has 0 bridgehead atoms. The Hall–Kier alpha value is -3.35. The molecule has 2 aromatic rings. The minimum atomic E-state index is -0.397. The molecule has 1 atom stereocenters. The van der Waals surface area contributed by atoms with E-state index in [0.717, 1.165) is 18.8 Å². The van der Waals surface area contributed by atoms with E-state index >= 15 is 0 Å². The molecule has 2 fully saturated rings. The Bertz CT molecular complexity index is 934. The number of carbonyl (C=O) groups is 3. The lowest BCUT2D eigenvalue weighted by Gasteiger charge is -2.20. The molecular formula is C23H26N4O3. The van der Waals surface area contributed by atoms with Gasteiger partial charge in [0.2, 0.25) is 17.7 Å². The fourth-order valence-corrected chi connectivity index (χ4v) is 4.04. The number of benzene rings is 2. The SMILES string of the molecule is CC(=O)Nc1ccc(NC(=O)C2CC(=O)N(c3ccc(N4CCCC4)cc3)C2)cc1. The van der Waals surface area contributed by atoms with E-state index in [-0.39, 0.29) is 24.1 Å². The molecule has 0 aromatic heterocycles. The third-order valence-corrected chi connectivity index (χ3v) is 5.60. The van der Waals surface area contributed by atoms with Gasteiger partial charge < -0.3 is 20.4 Å². The molecule has 2 N–H and O–H groups in total. The Kier molecular flexibility index (Phi) is 5.70. The Labute approximate surface area is 176 Å². The van der Waals surface area contributed by atoms with Crippen LogP contribution in [0.3, 0.4) is 0 Å². The van der Waals surface area contributed by atoms with E-state index in [0.29, 0.717) is 17.9 Å². The summed E-state index contributed by atoms with van der Waals surface area (Å²) in [6.07, 6.45) is 2.64.